The summed E-state index contributed by atoms with van der Waals surface area (Å²) in [6.07, 6.45) is 3.51. The highest BCUT2D eigenvalue weighted by Gasteiger charge is 2.11. The van der Waals surface area contributed by atoms with Gasteiger partial charge in [-0.05, 0) is 31.9 Å². The number of aryl methyl sites for hydroxylation is 1. The first kappa shape index (κ1) is 15.9. The Morgan fingerprint density at radius 2 is 1.75 bits per heavy atom. The minimum atomic E-state index is -0.0977. The number of carbonyl (C=O) groups excluding carboxylic acids is 1. The Balaban J connectivity index is 1.70. The van der Waals surface area contributed by atoms with Gasteiger partial charge in [-0.25, -0.2) is 14.6 Å². The molecule has 3 rings (SSSR count). The number of hydrogen-bond donors (Lipinski definition) is 1. The van der Waals surface area contributed by atoms with Crippen molar-refractivity contribution in [2.45, 2.75) is 27.2 Å². The Labute approximate surface area is 140 Å². The van der Waals surface area contributed by atoms with Gasteiger partial charge in [0.15, 0.2) is 0 Å². The first-order valence-corrected chi connectivity index (χ1v) is 7.73. The Morgan fingerprint density at radius 1 is 1.08 bits per heavy atom. The third-order valence-electron chi connectivity index (χ3n) is 3.97. The first-order valence-electron chi connectivity index (χ1n) is 7.73. The van der Waals surface area contributed by atoms with E-state index in [4.69, 9.17) is 0 Å². The molecule has 122 valence electrons. The fourth-order valence-corrected chi connectivity index (χ4v) is 2.40. The van der Waals surface area contributed by atoms with Gasteiger partial charge in [-0.1, -0.05) is 30.3 Å². The van der Waals surface area contributed by atoms with Crippen LogP contribution >= 0.6 is 0 Å². The second-order valence-electron chi connectivity index (χ2n) is 5.69. The van der Waals surface area contributed by atoms with Crippen LogP contribution in [-0.2, 0) is 11.2 Å². The number of benzene rings is 1. The summed E-state index contributed by atoms with van der Waals surface area (Å²) in [5.41, 5.74) is 4.62. The molecule has 0 bridgehead atoms. The molecule has 0 fully saturated rings. The minimum Gasteiger partial charge on any atom is -0.323 e. The van der Waals surface area contributed by atoms with Crippen LogP contribution < -0.4 is 5.32 Å². The van der Waals surface area contributed by atoms with Crippen molar-refractivity contribution in [2.75, 3.05) is 5.32 Å². The van der Waals surface area contributed by atoms with Crippen LogP contribution in [0.5, 0.6) is 0 Å². The van der Waals surface area contributed by atoms with Gasteiger partial charge < -0.3 is 5.32 Å². The quantitative estimate of drug-likeness (QED) is 0.802. The Hall–Kier alpha value is -3.02. The molecule has 0 spiro atoms. The fourth-order valence-electron chi connectivity index (χ4n) is 2.40. The molecule has 0 aliphatic heterocycles. The number of hydrogen-bond acceptors (Lipinski definition) is 4. The van der Waals surface area contributed by atoms with Crippen molar-refractivity contribution in [3.63, 3.8) is 0 Å². The Morgan fingerprint density at radius 3 is 2.33 bits per heavy atom. The van der Waals surface area contributed by atoms with E-state index in [1.165, 1.54) is 0 Å². The summed E-state index contributed by atoms with van der Waals surface area (Å²) in [6, 6.07) is 9.59. The lowest BCUT2D eigenvalue weighted by atomic mass is 10.1. The molecule has 0 unspecified atom stereocenters. The predicted octanol–water partition coefficient (Wildman–Crippen LogP) is 2.77. The summed E-state index contributed by atoms with van der Waals surface area (Å²) in [4.78, 5) is 20.7. The summed E-state index contributed by atoms with van der Waals surface area (Å²) in [7, 11) is 0. The van der Waals surface area contributed by atoms with E-state index >= 15 is 0 Å². The van der Waals surface area contributed by atoms with Crippen molar-refractivity contribution >= 4 is 11.6 Å². The number of nitrogens with one attached hydrogen (secondary N) is 1. The van der Waals surface area contributed by atoms with Crippen LogP contribution in [0.4, 0.5) is 5.69 Å². The molecule has 6 heteroatoms. The number of rotatable bonds is 4. The molecule has 0 saturated heterocycles. The highest BCUT2D eigenvalue weighted by molar-refractivity contribution is 5.91. The second kappa shape index (κ2) is 6.62. The zero-order valence-electron chi connectivity index (χ0n) is 13.9. The first-order chi connectivity index (χ1) is 11.5. The molecule has 2 aromatic heterocycles. The molecule has 24 heavy (non-hydrogen) atoms. The molecule has 6 nitrogen and oxygen atoms in total. The van der Waals surface area contributed by atoms with Gasteiger partial charge in [-0.15, -0.1) is 0 Å². The number of anilines is 1. The maximum Gasteiger partial charge on any atom is 0.250 e. The molecular weight excluding hydrogens is 302 g/mol. The lowest BCUT2D eigenvalue weighted by Gasteiger charge is -2.06. The average Bonchev–Trinajstić information content (AvgIpc) is 2.84. The minimum absolute atomic E-state index is 0.0977. The van der Waals surface area contributed by atoms with Crippen molar-refractivity contribution < 1.29 is 4.79 Å². The van der Waals surface area contributed by atoms with Crippen molar-refractivity contribution in [1.82, 2.24) is 19.7 Å². The maximum absolute atomic E-state index is 12.1. The van der Waals surface area contributed by atoms with E-state index < -0.39 is 0 Å². The van der Waals surface area contributed by atoms with Gasteiger partial charge >= 0.3 is 0 Å². The van der Waals surface area contributed by atoms with E-state index in [9.17, 15) is 4.79 Å². The van der Waals surface area contributed by atoms with Gasteiger partial charge in [0.2, 0.25) is 5.91 Å². The molecule has 0 saturated carbocycles. The summed E-state index contributed by atoms with van der Waals surface area (Å²) >= 11 is 0. The van der Waals surface area contributed by atoms with Gasteiger partial charge in [0.25, 0.3) is 5.95 Å². The predicted molar refractivity (Wildman–Crippen MR) is 92.1 cm³/mol. The maximum atomic E-state index is 12.1. The molecule has 2 heterocycles. The lowest BCUT2D eigenvalue weighted by molar-refractivity contribution is -0.115. The van der Waals surface area contributed by atoms with Gasteiger partial charge in [0.05, 0.1) is 30.2 Å². The molecule has 0 aliphatic carbocycles. The molecule has 1 N–H and O–H groups in total. The van der Waals surface area contributed by atoms with Crippen LogP contribution in [0.15, 0.2) is 42.7 Å². The van der Waals surface area contributed by atoms with Crippen molar-refractivity contribution in [2.24, 2.45) is 0 Å². The molecule has 0 radical (unpaired) electrons. The monoisotopic (exact) mass is 321 g/mol. The molecule has 3 aromatic rings. The lowest BCUT2D eigenvalue weighted by Crippen LogP contribution is -2.15. The smallest absolute Gasteiger partial charge is 0.250 e. The van der Waals surface area contributed by atoms with Crippen LogP contribution in [0.25, 0.3) is 5.95 Å². The van der Waals surface area contributed by atoms with E-state index in [0.717, 1.165) is 22.5 Å². The Bertz CT molecular complexity index is 853. The number of amides is 1. The zero-order chi connectivity index (χ0) is 17.1. The summed E-state index contributed by atoms with van der Waals surface area (Å²) in [6.45, 7) is 5.96. The SMILES string of the molecule is Cc1nn(-c2ncc(NC(=O)Cc3ccccc3)cn2)c(C)c1C. The van der Waals surface area contributed by atoms with Crippen LogP contribution in [0.2, 0.25) is 0 Å². The van der Waals surface area contributed by atoms with Gasteiger partial charge in [-0.2, -0.15) is 5.10 Å². The largest absolute Gasteiger partial charge is 0.323 e. The number of carbonyl (C=O) groups is 1. The van der Waals surface area contributed by atoms with E-state index in [1.54, 1.807) is 17.1 Å². The highest BCUT2D eigenvalue weighted by Crippen LogP contribution is 2.15. The van der Waals surface area contributed by atoms with E-state index in [1.807, 2.05) is 51.1 Å². The third kappa shape index (κ3) is 3.32. The van der Waals surface area contributed by atoms with Gasteiger partial charge in [-0.3, -0.25) is 4.79 Å². The second-order valence-corrected chi connectivity index (χ2v) is 5.69. The van der Waals surface area contributed by atoms with E-state index in [-0.39, 0.29) is 5.91 Å². The topological polar surface area (TPSA) is 72.7 Å². The van der Waals surface area contributed by atoms with E-state index in [2.05, 4.69) is 20.4 Å². The van der Waals surface area contributed by atoms with Crippen molar-refractivity contribution in [3.05, 3.63) is 65.2 Å². The van der Waals surface area contributed by atoms with Crippen LogP contribution in [-0.4, -0.2) is 25.7 Å². The average molecular weight is 321 g/mol. The molecule has 1 aromatic carbocycles. The zero-order valence-corrected chi connectivity index (χ0v) is 13.9. The van der Waals surface area contributed by atoms with E-state index in [0.29, 0.717) is 18.1 Å². The normalized spacial score (nSPS) is 10.6. The summed E-state index contributed by atoms with van der Waals surface area (Å²) < 4.78 is 1.71. The summed E-state index contributed by atoms with van der Waals surface area (Å²) in [5, 5.41) is 7.24. The molecular formula is C18H19N5O. The standard InChI is InChI=1S/C18H19N5O/c1-12-13(2)22-23(14(12)3)18-19-10-16(11-20-18)21-17(24)9-15-7-5-4-6-8-15/h4-8,10-11H,9H2,1-3H3,(H,21,24). The molecule has 0 atom stereocenters. The molecule has 0 aliphatic rings. The van der Waals surface area contributed by atoms with Crippen molar-refractivity contribution in [1.29, 1.82) is 0 Å². The van der Waals surface area contributed by atoms with Crippen molar-refractivity contribution in [3.8, 4) is 5.95 Å². The van der Waals surface area contributed by atoms with Crippen LogP contribution in [0.1, 0.15) is 22.5 Å². The number of nitrogens with zero attached hydrogens (tertiary/aromatic N) is 4. The highest BCUT2D eigenvalue weighted by atomic mass is 16.1. The van der Waals surface area contributed by atoms with Crippen LogP contribution in [0, 0.1) is 20.8 Å². The fraction of sp³-hybridized carbons (Fsp3) is 0.222. The van der Waals surface area contributed by atoms with Gasteiger partial charge in [0.1, 0.15) is 0 Å². The summed E-state index contributed by atoms with van der Waals surface area (Å²) in [5.74, 6) is 0.393. The van der Waals surface area contributed by atoms with Gasteiger partial charge in [0, 0.05) is 5.69 Å². The number of aromatic nitrogens is 4. The molecule has 1 amide bonds. The van der Waals surface area contributed by atoms with Crippen LogP contribution in [0.3, 0.4) is 0 Å². The Kier molecular flexibility index (Phi) is 4.37. The third-order valence-corrected chi connectivity index (χ3v) is 3.97.